The molecule has 27 heavy (non-hydrogen) atoms. The van der Waals surface area contributed by atoms with Gasteiger partial charge in [-0.15, -0.1) is 0 Å². The summed E-state index contributed by atoms with van der Waals surface area (Å²) in [6, 6.07) is 14.1. The predicted molar refractivity (Wildman–Crippen MR) is 100.0 cm³/mol. The molecule has 2 aromatic rings. The van der Waals surface area contributed by atoms with E-state index in [0.717, 1.165) is 18.4 Å². The van der Waals surface area contributed by atoms with Crippen molar-refractivity contribution in [2.24, 2.45) is 0 Å². The lowest BCUT2D eigenvalue weighted by Gasteiger charge is -2.26. The van der Waals surface area contributed by atoms with Crippen molar-refractivity contribution >= 4 is 11.9 Å². The minimum absolute atomic E-state index is 0.127. The van der Waals surface area contributed by atoms with Crippen LogP contribution in [0.15, 0.2) is 48.5 Å². The smallest absolute Gasteiger partial charge is 0.338 e. The molecule has 0 N–H and O–H groups in total. The van der Waals surface area contributed by atoms with Crippen molar-refractivity contribution in [1.82, 2.24) is 4.90 Å². The van der Waals surface area contributed by atoms with Crippen LogP contribution in [0.1, 0.15) is 34.8 Å². The van der Waals surface area contributed by atoms with Crippen LogP contribution in [-0.2, 0) is 9.53 Å². The lowest BCUT2D eigenvalue weighted by molar-refractivity contribution is -0.135. The van der Waals surface area contributed by atoms with Crippen LogP contribution in [-0.4, -0.2) is 44.1 Å². The van der Waals surface area contributed by atoms with Crippen LogP contribution in [0.5, 0.6) is 11.5 Å². The van der Waals surface area contributed by atoms with E-state index in [1.807, 2.05) is 24.3 Å². The standard InChI is InChI=1S/C21H23NO5/c1-25-16-10-11-19(26-2)17(13-16)18-9-6-12-22(18)20(23)14-27-21(24)15-7-4-3-5-8-15/h3-5,7-8,10-11,13,18H,6,9,12,14H2,1-2H3/t18-/m0/s1. The van der Waals surface area contributed by atoms with Crippen LogP contribution >= 0.6 is 0 Å². The monoisotopic (exact) mass is 369 g/mol. The van der Waals surface area contributed by atoms with E-state index in [2.05, 4.69) is 0 Å². The largest absolute Gasteiger partial charge is 0.497 e. The second kappa shape index (κ2) is 8.58. The van der Waals surface area contributed by atoms with Gasteiger partial charge in [-0.05, 0) is 43.2 Å². The molecule has 0 unspecified atom stereocenters. The summed E-state index contributed by atoms with van der Waals surface area (Å²) in [5, 5.41) is 0. The molecule has 1 aliphatic heterocycles. The third-order valence-electron chi connectivity index (χ3n) is 4.71. The van der Waals surface area contributed by atoms with Crippen molar-refractivity contribution in [1.29, 1.82) is 0 Å². The van der Waals surface area contributed by atoms with Crippen LogP contribution in [0.2, 0.25) is 0 Å². The molecule has 0 spiro atoms. The van der Waals surface area contributed by atoms with Crippen LogP contribution in [0.3, 0.4) is 0 Å². The molecule has 0 bridgehead atoms. The van der Waals surface area contributed by atoms with Crippen molar-refractivity contribution < 1.29 is 23.8 Å². The van der Waals surface area contributed by atoms with Gasteiger partial charge in [0, 0.05) is 12.1 Å². The summed E-state index contributed by atoms with van der Waals surface area (Å²) in [5.41, 5.74) is 1.33. The number of methoxy groups -OCH3 is 2. The maximum atomic E-state index is 12.7. The number of carbonyl (C=O) groups is 2. The van der Waals surface area contributed by atoms with E-state index in [-0.39, 0.29) is 18.6 Å². The fourth-order valence-corrected chi connectivity index (χ4v) is 3.36. The lowest BCUT2D eigenvalue weighted by atomic mass is 10.0. The third-order valence-corrected chi connectivity index (χ3v) is 4.71. The van der Waals surface area contributed by atoms with Gasteiger partial charge in [-0.3, -0.25) is 4.79 Å². The number of esters is 1. The Morgan fingerprint density at radius 3 is 2.56 bits per heavy atom. The van der Waals surface area contributed by atoms with Gasteiger partial charge in [-0.25, -0.2) is 4.79 Å². The number of hydrogen-bond donors (Lipinski definition) is 0. The first-order valence-corrected chi connectivity index (χ1v) is 8.87. The molecule has 0 aromatic heterocycles. The number of rotatable bonds is 6. The fraction of sp³-hybridized carbons (Fsp3) is 0.333. The van der Waals surface area contributed by atoms with E-state index in [0.29, 0.717) is 23.6 Å². The fourth-order valence-electron chi connectivity index (χ4n) is 3.36. The van der Waals surface area contributed by atoms with E-state index in [1.165, 1.54) is 0 Å². The summed E-state index contributed by atoms with van der Waals surface area (Å²) >= 11 is 0. The van der Waals surface area contributed by atoms with Crippen molar-refractivity contribution in [3.8, 4) is 11.5 Å². The van der Waals surface area contributed by atoms with Crippen LogP contribution in [0, 0.1) is 0 Å². The summed E-state index contributed by atoms with van der Waals surface area (Å²) in [6.07, 6.45) is 1.70. The molecule has 6 nitrogen and oxygen atoms in total. The average Bonchev–Trinajstić information content (AvgIpc) is 3.21. The molecule has 1 saturated heterocycles. The highest BCUT2D eigenvalue weighted by molar-refractivity contribution is 5.91. The Balaban J connectivity index is 1.71. The molecule has 142 valence electrons. The maximum Gasteiger partial charge on any atom is 0.338 e. The number of likely N-dealkylation sites (tertiary alicyclic amines) is 1. The number of hydrogen-bond acceptors (Lipinski definition) is 5. The van der Waals surface area contributed by atoms with Gasteiger partial charge in [-0.2, -0.15) is 0 Å². The molecule has 1 aliphatic rings. The van der Waals surface area contributed by atoms with Gasteiger partial charge in [0.05, 0.1) is 25.8 Å². The minimum Gasteiger partial charge on any atom is -0.497 e. The SMILES string of the molecule is COc1ccc(OC)c([C@@H]2CCCN2C(=O)COC(=O)c2ccccc2)c1. The zero-order valence-electron chi connectivity index (χ0n) is 15.5. The van der Waals surface area contributed by atoms with Crippen LogP contribution in [0.25, 0.3) is 0 Å². The first-order chi connectivity index (χ1) is 13.1. The van der Waals surface area contributed by atoms with Gasteiger partial charge in [0.1, 0.15) is 11.5 Å². The van der Waals surface area contributed by atoms with E-state index in [4.69, 9.17) is 14.2 Å². The third kappa shape index (κ3) is 4.22. The molecule has 0 saturated carbocycles. The molecule has 1 amide bonds. The zero-order valence-corrected chi connectivity index (χ0v) is 15.5. The van der Waals surface area contributed by atoms with Gasteiger partial charge in [0.2, 0.25) is 0 Å². The Morgan fingerprint density at radius 1 is 1.07 bits per heavy atom. The van der Waals surface area contributed by atoms with Gasteiger partial charge >= 0.3 is 5.97 Å². The Morgan fingerprint density at radius 2 is 1.85 bits per heavy atom. The normalized spacial score (nSPS) is 16.1. The number of benzene rings is 2. The minimum atomic E-state index is -0.501. The summed E-state index contributed by atoms with van der Waals surface area (Å²) in [4.78, 5) is 26.5. The number of nitrogens with zero attached hydrogens (tertiary/aromatic N) is 1. The molecule has 0 radical (unpaired) electrons. The summed E-state index contributed by atoms with van der Waals surface area (Å²) in [6.45, 7) is 0.337. The molecule has 6 heteroatoms. The van der Waals surface area contributed by atoms with E-state index in [9.17, 15) is 9.59 Å². The number of ether oxygens (including phenoxy) is 3. The zero-order chi connectivity index (χ0) is 19.2. The molecular weight excluding hydrogens is 346 g/mol. The van der Waals surface area contributed by atoms with Gasteiger partial charge in [0.25, 0.3) is 5.91 Å². The van der Waals surface area contributed by atoms with E-state index >= 15 is 0 Å². The van der Waals surface area contributed by atoms with Gasteiger partial charge < -0.3 is 19.1 Å². The lowest BCUT2D eigenvalue weighted by Crippen LogP contribution is -2.34. The first kappa shape index (κ1) is 18.8. The van der Waals surface area contributed by atoms with Crippen molar-refractivity contribution in [2.45, 2.75) is 18.9 Å². The molecule has 2 aromatic carbocycles. The second-order valence-corrected chi connectivity index (χ2v) is 6.30. The second-order valence-electron chi connectivity index (χ2n) is 6.30. The van der Waals surface area contributed by atoms with Crippen molar-refractivity contribution in [3.63, 3.8) is 0 Å². The molecule has 3 rings (SSSR count). The maximum absolute atomic E-state index is 12.7. The number of carbonyl (C=O) groups excluding carboxylic acids is 2. The highest BCUT2D eigenvalue weighted by Crippen LogP contribution is 2.38. The Hall–Kier alpha value is -3.02. The van der Waals surface area contributed by atoms with Crippen molar-refractivity contribution in [3.05, 3.63) is 59.7 Å². The summed E-state index contributed by atoms with van der Waals surface area (Å²) in [5.74, 6) is 0.702. The molecule has 1 heterocycles. The highest BCUT2D eigenvalue weighted by Gasteiger charge is 2.32. The predicted octanol–water partition coefficient (Wildman–Crippen LogP) is 3.22. The Labute approximate surface area is 158 Å². The molecule has 0 aliphatic carbocycles. The first-order valence-electron chi connectivity index (χ1n) is 8.87. The van der Waals surface area contributed by atoms with Gasteiger partial charge in [-0.1, -0.05) is 18.2 Å². The summed E-state index contributed by atoms with van der Waals surface area (Å²) in [7, 11) is 3.21. The van der Waals surface area contributed by atoms with E-state index < -0.39 is 5.97 Å². The summed E-state index contributed by atoms with van der Waals surface area (Å²) < 4.78 is 16.0. The Kier molecular flexibility index (Phi) is 5.96. The number of amides is 1. The van der Waals surface area contributed by atoms with Crippen molar-refractivity contribution in [2.75, 3.05) is 27.4 Å². The highest BCUT2D eigenvalue weighted by atomic mass is 16.5. The molecule has 1 atom stereocenters. The van der Waals surface area contributed by atoms with Crippen LogP contribution < -0.4 is 9.47 Å². The topological polar surface area (TPSA) is 65.1 Å². The average molecular weight is 369 g/mol. The quantitative estimate of drug-likeness (QED) is 0.732. The molecule has 1 fully saturated rings. The van der Waals surface area contributed by atoms with Gasteiger partial charge in [0.15, 0.2) is 6.61 Å². The Bertz CT molecular complexity index is 805. The van der Waals surface area contributed by atoms with E-state index in [1.54, 1.807) is 43.4 Å². The van der Waals surface area contributed by atoms with Crippen LogP contribution in [0.4, 0.5) is 0 Å². The molecular formula is C21H23NO5.